The highest BCUT2D eigenvalue weighted by Crippen LogP contribution is 2.29. The number of pyridine rings is 1. The van der Waals surface area contributed by atoms with Crippen LogP contribution in [0.2, 0.25) is 0 Å². The summed E-state index contributed by atoms with van der Waals surface area (Å²) in [5.41, 5.74) is 5.55. The number of ether oxygens (including phenoxy) is 1. The van der Waals surface area contributed by atoms with E-state index in [2.05, 4.69) is 4.98 Å². The van der Waals surface area contributed by atoms with Crippen molar-refractivity contribution in [2.24, 2.45) is 0 Å². The molecule has 0 aliphatic heterocycles. The van der Waals surface area contributed by atoms with Crippen LogP contribution in [0.4, 0.5) is 11.4 Å². The quantitative estimate of drug-likeness (QED) is 0.525. The third-order valence-corrected chi connectivity index (χ3v) is 2.79. The van der Waals surface area contributed by atoms with Crippen LogP contribution in [0.5, 0.6) is 11.5 Å². The zero-order chi connectivity index (χ0) is 16.3. The highest BCUT2D eigenvalue weighted by molar-refractivity contribution is 5.92. The second kappa shape index (κ2) is 6.08. The van der Waals surface area contributed by atoms with E-state index >= 15 is 0 Å². The fraction of sp³-hybridized carbons (Fsp3) is 0.143. The Morgan fingerprint density at radius 2 is 1.95 bits per heavy atom. The highest BCUT2D eigenvalue weighted by Gasteiger charge is 2.14. The maximum atomic E-state index is 11.8. The van der Waals surface area contributed by atoms with Crippen molar-refractivity contribution in [3.63, 3.8) is 0 Å². The van der Waals surface area contributed by atoms with Gasteiger partial charge in [-0.15, -0.1) is 0 Å². The number of anilines is 1. The summed E-state index contributed by atoms with van der Waals surface area (Å²) < 4.78 is 5.52. The molecule has 0 radical (unpaired) electrons. The van der Waals surface area contributed by atoms with Gasteiger partial charge in [0.2, 0.25) is 0 Å². The van der Waals surface area contributed by atoms with Crippen LogP contribution in [0.15, 0.2) is 36.5 Å². The number of nitro groups is 1. The summed E-state index contributed by atoms with van der Waals surface area (Å²) in [7, 11) is 3.22. The van der Waals surface area contributed by atoms with Crippen LogP contribution in [0.1, 0.15) is 10.5 Å². The van der Waals surface area contributed by atoms with Crippen LogP contribution in [0.25, 0.3) is 0 Å². The van der Waals surface area contributed by atoms with E-state index in [1.807, 2.05) is 0 Å². The lowest BCUT2D eigenvalue weighted by Crippen LogP contribution is -2.22. The Kier molecular flexibility index (Phi) is 4.21. The number of aromatic nitrogens is 1. The molecule has 0 saturated carbocycles. The van der Waals surface area contributed by atoms with Crippen molar-refractivity contribution in [3.8, 4) is 11.5 Å². The Hall–Kier alpha value is -3.16. The number of amides is 1. The van der Waals surface area contributed by atoms with Gasteiger partial charge < -0.3 is 15.4 Å². The summed E-state index contributed by atoms with van der Waals surface area (Å²) >= 11 is 0. The van der Waals surface area contributed by atoms with Crippen molar-refractivity contribution in [1.29, 1.82) is 0 Å². The molecule has 114 valence electrons. The lowest BCUT2D eigenvalue weighted by Gasteiger charge is -2.11. The van der Waals surface area contributed by atoms with Gasteiger partial charge in [-0.2, -0.15) is 0 Å². The highest BCUT2D eigenvalue weighted by atomic mass is 16.6. The summed E-state index contributed by atoms with van der Waals surface area (Å²) in [5, 5.41) is 10.9. The smallest absolute Gasteiger partial charge is 0.295 e. The number of rotatable bonds is 4. The Morgan fingerprint density at radius 3 is 2.59 bits per heavy atom. The number of nitrogen functional groups attached to an aromatic ring is 1. The standard InChI is InChI=1S/C14H14N4O4/c1-17(2)14(19)12-7-10(5-6-16-12)22-9-3-4-11(15)13(8-9)18(20)21/h3-8H,15H2,1-2H3. The van der Waals surface area contributed by atoms with E-state index in [1.165, 1.54) is 35.4 Å². The van der Waals surface area contributed by atoms with Gasteiger partial charge in [-0.05, 0) is 18.2 Å². The van der Waals surface area contributed by atoms with Crippen LogP contribution in [0.3, 0.4) is 0 Å². The molecule has 0 aliphatic rings. The molecule has 0 fully saturated rings. The molecule has 0 aliphatic carbocycles. The molecule has 1 aromatic heterocycles. The van der Waals surface area contributed by atoms with Crippen molar-refractivity contribution in [2.45, 2.75) is 0 Å². The first-order valence-electron chi connectivity index (χ1n) is 6.28. The van der Waals surface area contributed by atoms with Gasteiger partial charge in [-0.1, -0.05) is 0 Å². The van der Waals surface area contributed by atoms with Gasteiger partial charge in [0, 0.05) is 26.4 Å². The lowest BCUT2D eigenvalue weighted by molar-refractivity contribution is -0.384. The normalized spacial score (nSPS) is 10.1. The zero-order valence-electron chi connectivity index (χ0n) is 12.0. The molecule has 1 amide bonds. The van der Waals surface area contributed by atoms with Crippen LogP contribution in [-0.4, -0.2) is 34.8 Å². The first-order valence-corrected chi connectivity index (χ1v) is 6.28. The summed E-state index contributed by atoms with van der Waals surface area (Å²) in [6.07, 6.45) is 1.43. The first-order chi connectivity index (χ1) is 10.4. The largest absolute Gasteiger partial charge is 0.457 e. The van der Waals surface area contributed by atoms with Crippen molar-refractivity contribution < 1.29 is 14.5 Å². The van der Waals surface area contributed by atoms with E-state index in [-0.39, 0.29) is 28.7 Å². The van der Waals surface area contributed by atoms with Crippen molar-refractivity contribution in [2.75, 3.05) is 19.8 Å². The molecule has 1 aromatic carbocycles. The molecular formula is C14H14N4O4. The van der Waals surface area contributed by atoms with Crippen molar-refractivity contribution >= 4 is 17.3 Å². The summed E-state index contributed by atoms with van der Waals surface area (Å²) in [4.78, 5) is 27.5. The van der Waals surface area contributed by atoms with Gasteiger partial charge in [-0.3, -0.25) is 19.9 Å². The SMILES string of the molecule is CN(C)C(=O)c1cc(Oc2ccc(N)c([N+](=O)[O-])c2)ccn1. The molecule has 22 heavy (non-hydrogen) atoms. The summed E-state index contributed by atoms with van der Waals surface area (Å²) in [6, 6.07) is 7.14. The second-order valence-corrected chi connectivity index (χ2v) is 4.66. The van der Waals surface area contributed by atoms with Gasteiger partial charge in [-0.25, -0.2) is 0 Å². The number of hydrogen-bond donors (Lipinski definition) is 1. The zero-order valence-corrected chi connectivity index (χ0v) is 12.0. The number of nitrogens with zero attached hydrogens (tertiary/aromatic N) is 3. The molecular weight excluding hydrogens is 288 g/mol. The topological polar surface area (TPSA) is 112 Å². The monoisotopic (exact) mass is 302 g/mol. The van der Waals surface area contributed by atoms with Crippen molar-refractivity contribution in [3.05, 3.63) is 52.3 Å². The van der Waals surface area contributed by atoms with Gasteiger partial charge in [0.1, 0.15) is 22.9 Å². The minimum absolute atomic E-state index is 0.0514. The second-order valence-electron chi connectivity index (χ2n) is 4.66. The first kappa shape index (κ1) is 15.2. The Morgan fingerprint density at radius 1 is 1.27 bits per heavy atom. The molecule has 2 rings (SSSR count). The fourth-order valence-electron chi connectivity index (χ4n) is 1.70. The molecule has 0 bridgehead atoms. The minimum Gasteiger partial charge on any atom is -0.457 e. The van der Waals surface area contributed by atoms with Gasteiger partial charge in [0.25, 0.3) is 11.6 Å². The Balaban J connectivity index is 2.28. The number of carbonyl (C=O) groups is 1. The molecule has 0 spiro atoms. The van der Waals surface area contributed by atoms with E-state index in [9.17, 15) is 14.9 Å². The molecule has 0 atom stereocenters. The minimum atomic E-state index is -0.588. The predicted molar refractivity (Wildman–Crippen MR) is 79.8 cm³/mol. The third-order valence-electron chi connectivity index (χ3n) is 2.79. The van der Waals surface area contributed by atoms with Crippen LogP contribution >= 0.6 is 0 Å². The van der Waals surface area contributed by atoms with Gasteiger partial charge in [0.15, 0.2) is 0 Å². The van der Waals surface area contributed by atoms with Crippen LogP contribution < -0.4 is 10.5 Å². The average molecular weight is 302 g/mol. The van der Waals surface area contributed by atoms with Crippen molar-refractivity contribution in [1.82, 2.24) is 9.88 Å². The maximum absolute atomic E-state index is 11.8. The molecule has 1 heterocycles. The predicted octanol–water partition coefficient (Wildman–Crippen LogP) is 2.07. The lowest BCUT2D eigenvalue weighted by atomic mass is 10.2. The number of benzene rings is 1. The van der Waals surface area contributed by atoms with E-state index < -0.39 is 4.92 Å². The number of nitrogens with two attached hydrogens (primary N) is 1. The van der Waals surface area contributed by atoms with E-state index in [0.29, 0.717) is 5.75 Å². The Labute approximate surface area is 126 Å². The molecule has 8 nitrogen and oxygen atoms in total. The molecule has 2 aromatic rings. The molecule has 8 heteroatoms. The van der Waals surface area contributed by atoms with Crippen LogP contribution in [-0.2, 0) is 0 Å². The van der Waals surface area contributed by atoms with E-state index in [1.54, 1.807) is 20.2 Å². The fourth-order valence-corrected chi connectivity index (χ4v) is 1.70. The van der Waals surface area contributed by atoms with Crippen LogP contribution in [0, 0.1) is 10.1 Å². The summed E-state index contributed by atoms with van der Waals surface area (Å²) in [5.74, 6) is 0.323. The number of hydrogen-bond acceptors (Lipinski definition) is 6. The number of carbonyl (C=O) groups excluding carboxylic acids is 1. The van der Waals surface area contributed by atoms with Gasteiger partial charge in [0.05, 0.1) is 11.0 Å². The number of nitro benzene ring substituents is 1. The Bertz CT molecular complexity index is 731. The molecule has 0 unspecified atom stereocenters. The van der Waals surface area contributed by atoms with E-state index in [0.717, 1.165) is 0 Å². The molecule has 0 saturated heterocycles. The van der Waals surface area contributed by atoms with E-state index in [4.69, 9.17) is 10.5 Å². The average Bonchev–Trinajstić information content (AvgIpc) is 2.48. The molecule has 2 N–H and O–H groups in total. The van der Waals surface area contributed by atoms with Gasteiger partial charge >= 0.3 is 0 Å². The maximum Gasteiger partial charge on any atom is 0.295 e. The third kappa shape index (κ3) is 3.29. The summed E-state index contributed by atoms with van der Waals surface area (Å²) in [6.45, 7) is 0.